The molecule has 0 saturated carbocycles. The van der Waals surface area contributed by atoms with Gasteiger partial charge in [0, 0.05) is 6.20 Å². The smallest absolute Gasteiger partial charge is 0.200 e. The fourth-order valence-electron chi connectivity index (χ4n) is 1.68. The first-order valence-corrected chi connectivity index (χ1v) is 5.40. The highest BCUT2D eigenvalue weighted by Gasteiger charge is 2.04. The molecule has 1 aromatic carbocycles. The average Bonchev–Trinajstić information content (AvgIpc) is 3.02. The van der Waals surface area contributed by atoms with Crippen LogP contribution >= 0.6 is 0 Å². The second-order valence-electron chi connectivity index (χ2n) is 3.69. The van der Waals surface area contributed by atoms with Gasteiger partial charge in [-0.25, -0.2) is 9.67 Å². The monoisotopic (exact) mass is 225 g/mol. The van der Waals surface area contributed by atoms with E-state index in [1.54, 1.807) is 12.5 Å². The van der Waals surface area contributed by atoms with Gasteiger partial charge in [0.15, 0.2) is 5.89 Å². The second-order valence-corrected chi connectivity index (χ2v) is 3.69. The van der Waals surface area contributed by atoms with Crippen LogP contribution in [0.2, 0.25) is 0 Å². The van der Waals surface area contributed by atoms with Crippen molar-refractivity contribution < 1.29 is 4.42 Å². The molecule has 0 amide bonds. The molecule has 0 saturated heterocycles. The molecule has 0 unspecified atom stereocenters. The SMILES string of the molecule is c1ccc(-n2ccc(Cc3ncco3)n2)cc1. The maximum absolute atomic E-state index is 5.19. The summed E-state index contributed by atoms with van der Waals surface area (Å²) in [6, 6.07) is 12.0. The molecule has 0 radical (unpaired) electrons. The Morgan fingerprint density at radius 1 is 1.12 bits per heavy atom. The quantitative estimate of drug-likeness (QED) is 0.687. The molecule has 84 valence electrons. The Balaban J connectivity index is 1.84. The zero-order valence-corrected chi connectivity index (χ0v) is 9.15. The van der Waals surface area contributed by atoms with Crippen molar-refractivity contribution in [1.29, 1.82) is 0 Å². The summed E-state index contributed by atoms with van der Waals surface area (Å²) in [7, 11) is 0. The van der Waals surface area contributed by atoms with Crippen LogP contribution in [0.1, 0.15) is 11.6 Å². The van der Waals surface area contributed by atoms with E-state index in [0.717, 1.165) is 11.4 Å². The lowest BCUT2D eigenvalue weighted by molar-refractivity contribution is 0.504. The predicted octanol–water partition coefficient (Wildman–Crippen LogP) is 2.45. The van der Waals surface area contributed by atoms with Crippen LogP contribution in [0.4, 0.5) is 0 Å². The van der Waals surface area contributed by atoms with Crippen molar-refractivity contribution in [2.45, 2.75) is 6.42 Å². The molecule has 0 aliphatic carbocycles. The Morgan fingerprint density at radius 3 is 2.76 bits per heavy atom. The minimum absolute atomic E-state index is 0.618. The second kappa shape index (κ2) is 4.25. The van der Waals surface area contributed by atoms with Gasteiger partial charge in [0.05, 0.1) is 24.0 Å². The Hall–Kier alpha value is -2.36. The van der Waals surface area contributed by atoms with Crippen molar-refractivity contribution in [1.82, 2.24) is 14.8 Å². The number of hydrogen-bond acceptors (Lipinski definition) is 3. The molecular weight excluding hydrogens is 214 g/mol. The van der Waals surface area contributed by atoms with E-state index in [4.69, 9.17) is 4.42 Å². The Bertz CT molecular complexity index is 584. The first-order chi connectivity index (χ1) is 8.42. The summed E-state index contributed by atoms with van der Waals surface area (Å²) < 4.78 is 7.04. The number of aromatic nitrogens is 3. The lowest BCUT2D eigenvalue weighted by Crippen LogP contribution is -1.96. The van der Waals surface area contributed by atoms with Gasteiger partial charge in [0.1, 0.15) is 6.26 Å². The third-order valence-corrected chi connectivity index (χ3v) is 2.48. The topological polar surface area (TPSA) is 43.9 Å². The number of oxazole rings is 1. The highest BCUT2D eigenvalue weighted by Crippen LogP contribution is 2.09. The van der Waals surface area contributed by atoms with Gasteiger partial charge in [-0.3, -0.25) is 0 Å². The summed E-state index contributed by atoms with van der Waals surface area (Å²) >= 11 is 0. The van der Waals surface area contributed by atoms with Gasteiger partial charge in [-0.1, -0.05) is 18.2 Å². The van der Waals surface area contributed by atoms with Gasteiger partial charge < -0.3 is 4.42 Å². The summed E-state index contributed by atoms with van der Waals surface area (Å²) in [6.07, 6.45) is 5.77. The fourth-order valence-corrected chi connectivity index (χ4v) is 1.68. The normalized spacial score (nSPS) is 10.6. The number of nitrogens with zero attached hydrogens (tertiary/aromatic N) is 3. The van der Waals surface area contributed by atoms with Crippen LogP contribution in [-0.2, 0) is 6.42 Å². The largest absolute Gasteiger partial charge is 0.449 e. The van der Waals surface area contributed by atoms with Gasteiger partial charge in [-0.05, 0) is 18.2 Å². The summed E-state index contributed by atoms with van der Waals surface area (Å²) in [5.41, 5.74) is 1.99. The molecule has 0 N–H and O–H groups in total. The van der Waals surface area contributed by atoms with Crippen LogP contribution < -0.4 is 0 Å². The van der Waals surface area contributed by atoms with E-state index in [0.29, 0.717) is 12.3 Å². The zero-order valence-electron chi connectivity index (χ0n) is 9.15. The van der Waals surface area contributed by atoms with Gasteiger partial charge in [0.25, 0.3) is 0 Å². The van der Waals surface area contributed by atoms with Crippen molar-refractivity contribution in [3.8, 4) is 5.69 Å². The summed E-state index contributed by atoms with van der Waals surface area (Å²) in [5.74, 6) is 0.684. The van der Waals surface area contributed by atoms with Crippen LogP contribution in [0.5, 0.6) is 0 Å². The van der Waals surface area contributed by atoms with Gasteiger partial charge in [-0.15, -0.1) is 0 Å². The molecular formula is C13H11N3O. The molecule has 2 aromatic heterocycles. The Kier molecular flexibility index (Phi) is 2.46. The number of benzene rings is 1. The average molecular weight is 225 g/mol. The highest BCUT2D eigenvalue weighted by molar-refractivity contribution is 5.30. The fraction of sp³-hybridized carbons (Fsp3) is 0.0769. The van der Waals surface area contributed by atoms with E-state index in [2.05, 4.69) is 10.1 Å². The van der Waals surface area contributed by atoms with Gasteiger partial charge in [-0.2, -0.15) is 5.10 Å². The minimum Gasteiger partial charge on any atom is -0.449 e. The maximum atomic E-state index is 5.19. The molecule has 3 rings (SSSR count). The number of rotatable bonds is 3. The molecule has 0 atom stereocenters. The van der Waals surface area contributed by atoms with Crippen LogP contribution in [0.15, 0.2) is 59.5 Å². The lowest BCUT2D eigenvalue weighted by atomic mass is 10.3. The third-order valence-electron chi connectivity index (χ3n) is 2.48. The first-order valence-electron chi connectivity index (χ1n) is 5.40. The van der Waals surface area contributed by atoms with Crippen LogP contribution in [-0.4, -0.2) is 14.8 Å². The van der Waals surface area contributed by atoms with E-state index < -0.39 is 0 Å². The molecule has 0 aliphatic heterocycles. The van der Waals surface area contributed by atoms with Gasteiger partial charge >= 0.3 is 0 Å². The van der Waals surface area contributed by atoms with Crippen molar-refractivity contribution in [2.75, 3.05) is 0 Å². The molecule has 4 nitrogen and oxygen atoms in total. The number of para-hydroxylation sites is 1. The van der Waals surface area contributed by atoms with Gasteiger partial charge in [0.2, 0.25) is 0 Å². The van der Waals surface area contributed by atoms with Crippen LogP contribution in [0, 0.1) is 0 Å². The van der Waals surface area contributed by atoms with E-state index >= 15 is 0 Å². The maximum Gasteiger partial charge on any atom is 0.200 e. The first kappa shape index (κ1) is 9.84. The van der Waals surface area contributed by atoms with E-state index in [1.807, 2.05) is 47.3 Å². The highest BCUT2D eigenvalue weighted by atomic mass is 16.3. The molecule has 0 fully saturated rings. The standard InChI is InChI=1S/C13H11N3O/c1-2-4-12(5-3-1)16-8-6-11(15-16)10-13-14-7-9-17-13/h1-9H,10H2. The molecule has 4 heteroatoms. The van der Waals surface area contributed by atoms with E-state index in [-0.39, 0.29) is 0 Å². The molecule has 17 heavy (non-hydrogen) atoms. The summed E-state index contributed by atoms with van der Waals surface area (Å²) in [6.45, 7) is 0. The lowest BCUT2D eigenvalue weighted by Gasteiger charge is -1.99. The van der Waals surface area contributed by atoms with Crippen molar-refractivity contribution >= 4 is 0 Å². The van der Waals surface area contributed by atoms with Crippen LogP contribution in [0.25, 0.3) is 5.69 Å². The zero-order chi connectivity index (χ0) is 11.5. The Morgan fingerprint density at radius 2 is 2.00 bits per heavy atom. The molecule has 0 aliphatic rings. The van der Waals surface area contributed by atoms with Crippen LogP contribution in [0.3, 0.4) is 0 Å². The molecule has 2 heterocycles. The van der Waals surface area contributed by atoms with Crippen molar-refractivity contribution in [3.63, 3.8) is 0 Å². The number of hydrogen-bond donors (Lipinski definition) is 0. The Labute approximate surface area is 98.5 Å². The third kappa shape index (κ3) is 2.10. The summed E-state index contributed by atoms with van der Waals surface area (Å²) in [5, 5.41) is 4.47. The van der Waals surface area contributed by atoms with E-state index in [9.17, 15) is 0 Å². The molecule has 0 bridgehead atoms. The summed E-state index contributed by atoms with van der Waals surface area (Å²) in [4.78, 5) is 4.08. The molecule has 3 aromatic rings. The van der Waals surface area contributed by atoms with Crippen molar-refractivity contribution in [3.05, 3.63) is 66.6 Å². The molecule has 0 spiro atoms. The van der Waals surface area contributed by atoms with Crippen molar-refractivity contribution in [2.24, 2.45) is 0 Å². The predicted molar refractivity (Wildman–Crippen MR) is 62.9 cm³/mol. The minimum atomic E-state index is 0.618. The van der Waals surface area contributed by atoms with E-state index in [1.165, 1.54) is 0 Å².